The zero-order chi connectivity index (χ0) is 11.1. The molecule has 0 aliphatic carbocycles. The first-order chi connectivity index (χ1) is 7.27. The highest BCUT2D eigenvalue weighted by Gasteiger charge is 2.11. The molecule has 5 heteroatoms. The van der Waals surface area contributed by atoms with Crippen molar-refractivity contribution in [2.24, 2.45) is 0 Å². The Morgan fingerprint density at radius 2 is 2.40 bits per heavy atom. The molecule has 15 heavy (non-hydrogen) atoms. The predicted octanol–water partition coefficient (Wildman–Crippen LogP) is 0.866. The van der Waals surface area contributed by atoms with E-state index in [2.05, 4.69) is 14.9 Å². The number of esters is 1. The molecule has 0 spiro atoms. The van der Waals surface area contributed by atoms with Gasteiger partial charge in [0.15, 0.2) is 5.82 Å². The largest absolute Gasteiger partial charge is 0.468 e. The van der Waals surface area contributed by atoms with Gasteiger partial charge in [-0.25, -0.2) is 0 Å². The molecule has 0 atom stereocenters. The molecule has 0 fully saturated rings. The number of aromatic nitrogens is 2. The Balaban J connectivity index is 2.70. The summed E-state index contributed by atoms with van der Waals surface area (Å²) in [6.07, 6.45) is 2.54. The van der Waals surface area contributed by atoms with E-state index in [9.17, 15) is 4.79 Å². The van der Waals surface area contributed by atoms with Gasteiger partial charge in [-0.15, -0.1) is 5.10 Å². The highest BCUT2D eigenvalue weighted by molar-refractivity contribution is 5.75. The number of anilines is 1. The maximum absolute atomic E-state index is 11.2. The highest BCUT2D eigenvalue weighted by atomic mass is 16.5. The lowest BCUT2D eigenvalue weighted by Gasteiger charge is -2.20. The third-order valence-electron chi connectivity index (χ3n) is 1.92. The first-order valence-corrected chi connectivity index (χ1v) is 4.87. The molecule has 0 amide bonds. The minimum absolute atomic E-state index is 0.211. The van der Waals surface area contributed by atoms with Crippen molar-refractivity contribution in [1.29, 1.82) is 0 Å². The third-order valence-corrected chi connectivity index (χ3v) is 1.92. The van der Waals surface area contributed by atoms with Gasteiger partial charge in [-0.2, -0.15) is 5.10 Å². The number of carbonyl (C=O) groups is 1. The molecule has 5 nitrogen and oxygen atoms in total. The summed E-state index contributed by atoms with van der Waals surface area (Å²) in [6, 6.07) is 3.62. The van der Waals surface area contributed by atoms with Gasteiger partial charge in [0.1, 0.15) is 6.54 Å². The molecule has 0 bridgehead atoms. The van der Waals surface area contributed by atoms with Crippen LogP contribution < -0.4 is 4.90 Å². The van der Waals surface area contributed by atoms with Gasteiger partial charge in [0.2, 0.25) is 0 Å². The molecule has 0 unspecified atom stereocenters. The lowest BCUT2D eigenvalue weighted by molar-refractivity contribution is -0.138. The standard InChI is InChI=1S/C10H15N3O2/c1-3-7-13(8-10(14)15-2)9-5-4-6-11-12-9/h4-6H,3,7-8H2,1-2H3. The van der Waals surface area contributed by atoms with E-state index in [0.717, 1.165) is 13.0 Å². The second-order valence-corrected chi connectivity index (χ2v) is 3.08. The summed E-state index contributed by atoms with van der Waals surface area (Å²) in [4.78, 5) is 13.0. The van der Waals surface area contributed by atoms with Crippen molar-refractivity contribution in [3.05, 3.63) is 18.3 Å². The van der Waals surface area contributed by atoms with Crippen LogP contribution in [-0.4, -0.2) is 36.4 Å². The van der Waals surface area contributed by atoms with E-state index >= 15 is 0 Å². The van der Waals surface area contributed by atoms with Crippen LogP contribution in [0.15, 0.2) is 18.3 Å². The van der Waals surface area contributed by atoms with Crippen LogP contribution >= 0.6 is 0 Å². The Hall–Kier alpha value is -1.65. The van der Waals surface area contributed by atoms with E-state index < -0.39 is 0 Å². The van der Waals surface area contributed by atoms with Gasteiger partial charge in [-0.1, -0.05) is 6.92 Å². The van der Waals surface area contributed by atoms with Gasteiger partial charge < -0.3 is 9.64 Å². The Morgan fingerprint density at radius 3 is 2.93 bits per heavy atom. The monoisotopic (exact) mass is 209 g/mol. The van der Waals surface area contributed by atoms with Crippen molar-refractivity contribution in [3.63, 3.8) is 0 Å². The average molecular weight is 209 g/mol. The Kier molecular flexibility index (Phi) is 4.53. The van der Waals surface area contributed by atoms with Gasteiger partial charge in [-0.3, -0.25) is 4.79 Å². The van der Waals surface area contributed by atoms with Gasteiger partial charge in [0.25, 0.3) is 0 Å². The fourth-order valence-electron chi connectivity index (χ4n) is 1.23. The Morgan fingerprint density at radius 1 is 1.60 bits per heavy atom. The summed E-state index contributed by atoms with van der Waals surface area (Å²) in [6.45, 7) is 3.01. The minimum Gasteiger partial charge on any atom is -0.468 e. The fraction of sp³-hybridized carbons (Fsp3) is 0.500. The maximum Gasteiger partial charge on any atom is 0.325 e. The van der Waals surface area contributed by atoms with Gasteiger partial charge >= 0.3 is 5.97 Å². The summed E-state index contributed by atoms with van der Waals surface area (Å²) in [5.74, 6) is 0.429. The number of hydrogen-bond donors (Lipinski definition) is 0. The molecule has 0 N–H and O–H groups in total. The van der Waals surface area contributed by atoms with Crippen LogP contribution in [0.5, 0.6) is 0 Å². The van der Waals surface area contributed by atoms with E-state index in [0.29, 0.717) is 5.82 Å². The van der Waals surface area contributed by atoms with Crippen LogP contribution in [-0.2, 0) is 9.53 Å². The van der Waals surface area contributed by atoms with Crippen LogP contribution in [0, 0.1) is 0 Å². The molecule has 82 valence electrons. The van der Waals surface area contributed by atoms with Crippen LogP contribution in [0.4, 0.5) is 5.82 Å². The molecule has 0 saturated carbocycles. The number of methoxy groups -OCH3 is 1. The first kappa shape index (κ1) is 11.4. The molecule has 0 aromatic carbocycles. The summed E-state index contributed by atoms with van der Waals surface area (Å²) >= 11 is 0. The normalized spacial score (nSPS) is 9.73. The van der Waals surface area contributed by atoms with Crippen molar-refractivity contribution >= 4 is 11.8 Å². The fourth-order valence-corrected chi connectivity index (χ4v) is 1.23. The Labute approximate surface area is 89.1 Å². The lowest BCUT2D eigenvalue weighted by Crippen LogP contribution is -2.32. The number of carbonyl (C=O) groups excluding carboxylic acids is 1. The number of ether oxygens (including phenoxy) is 1. The SMILES string of the molecule is CCCN(CC(=O)OC)c1cccnn1. The zero-order valence-electron chi connectivity index (χ0n) is 9.01. The molecular weight excluding hydrogens is 194 g/mol. The predicted molar refractivity (Wildman–Crippen MR) is 56.6 cm³/mol. The highest BCUT2D eigenvalue weighted by Crippen LogP contribution is 2.08. The number of nitrogens with zero attached hydrogens (tertiary/aromatic N) is 3. The lowest BCUT2D eigenvalue weighted by atomic mass is 10.4. The van der Waals surface area contributed by atoms with Crippen molar-refractivity contribution in [2.45, 2.75) is 13.3 Å². The molecule has 1 aromatic rings. The second kappa shape index (κ2) is 5.95. The van der Waals surface area contributed by atoms with E-state index in [-0.39, 0.29) is 12.5 Å². The topological polar surface area (TPSA) is 55.3 Å². The van der Waals surface area contributed by atoms with Crippen LogP contribution in [0.2, 0.25) is 0 Å². The van der Waals surface area contributed by atoms with E-state index in [4.69, 9.17) is 0 Å². The zero-order valence-corrected chi connectivity index (χ0v) is 9.01. The maximum atomic E-state index is 11.2. The van der Waals surface area contributed by atoms with Crippen LogP contribution in [0.25, 0.3) is 0 Å². The smallest absolute Gasteiger partial charge is 0.325 e. The molecule has 0 radical (unpaired) electrons. The third kappa shape index (κ3) is 3.53. The van der Waals surface area contributed by atoms with Gasteiger partial charge in [0.05, 0.1) is 7.11 Å². The molecule has 0 saturated heterocycles. The quantitative estimate of drug-likeness (QED) is 0.673. The van der Waals surface area contributed by atoms with Gasteiger partial charge in [-0.05, 0) is 18.6 Å². The minimum atomic E-state index is -0.269. The summed E-state index contributed by atoms with van der Waals surface area (Å²) in [7, 11) is 1.38. The number of hydrogen-bond acceptors (Lipinski definition) is 5. The van der Waals surface area contributed by atoms with Crippen molar-refractivity contribution in [1.82, 2.24) is 10.2 Å². The van der Waals surface area contributed by atoms with Crippen molar-refractivity contribution in [2.75, 3.05) is 25.1 Å². The summed E-state index contributed by atoms with van der Waals surface area (Å²) in [5, 5.41) is 7.73. The first-order valence-electron chi connectivity index (χ1n) is 4.87. The van der Waals surface area contributed by atoms with E-state index in [1.807, 2.05) is 17.9 Å². The molecule has 0 aliphatic rings. The molecular formula is C10H15N3O2. The molecule has 1 rings (SSSR count). The van der Waals surface area contributed by atoms with Crippen LogP contribution in [0.3, 0.4) is 0 Å². The second-order valence-electron chi connectivity index (χ2n) is 3.08. The number of rotatable bonds is 5. The van der Waals surface area contributed by atoms with Gasteiger partial charge in [0, 0.05) is 12.7 Å². The van der Waals surface area contributed by atoms with Crippen molar-refractivity contribution in [3.8, 4) is 0 Å². The van der Waals surface area contributed by atoms with Crippen molar-refractivity contribution < 1.29 is 9.53 Å². The van der Waals surface area contributed by atoms with E-state index in [1.165, 1.54) is 7.11 Å². The van der Waals surface area contributed by atoms with E-state index in [1.54, 1.807) is 12.3 Å². The Bertz CT molecular complexity index is 303. The molecule has 1 heterocycles. The summed E-state index contributed by atoms with van der Waals surface area (Å²) in [5.41, 5.74) is 0. The van der Waals surface area contributed by atoms with Crippen LogP contribution in [0.1, 0.15) is 13.3 Å². The summed E-state index contributed by atoms with van der Waals surface area (Å²) < 4.78 is 4.62. The molecule has 1 aromatic heterocycles. The average Bonchev–Trinajstić information content (AvgIpc) is 2.29. The molecule has 0 aliphatic heterocycles.